The van der Waals surface area contributed by atoms with Crippen molar-refractivity contribution in [3.05, 3.63) is 237 Å². The number of nitrogens with zero attached hydrogens (tertiary/aromatic N) is 3. The summed E-state index contributed by atoms with van der Waals surface area (Å²) in [5.74, 6) is -5.13. The highest BCUT2D eigenvalue weighted by molar-refractivity contribution is 6.26. The maximum absolute atomic E-state index is 15.3. The number of nitro groups is 1. The first-order valence-electron chi connectivity index (χ1n) is 37.9. The number of hydrogen-bond acceptors (Lipinski definition) is 28. The van der Waals surface area contributed by atoms with E-state index in [1.165, 1.54) is 49.6 Å². The van der Waals surface area contributed by atoms with Gasteiger partial charge in [0, 0.05) is 13.2 Å². The van der Waals surface area contributed by atoms with Gasteiger partial charge < -0.3 is 94.7 Å². The summed E-state index contributed by atoms with van der Waals surface area (Å²) in [5, 5.41) is 12.8. The molecule has 0 aromatic heterocycles. The fourth-order valence-electron chi connectivity index (χ4n) is 13.1. The summed E-state index contributed by atoms with van der Waals surface area (Å²) in [6.45, 7) is 3.18. The number of esters is 2. The highest BCUT2D eigenvalue weighted by Gasteiger charge is 2.61. The van der Waals surface area contributed by atoms with Crippen molar-refractivity contribution in [2.45, 2.75) is 87.7 Å². The van der Waals surface area contributed by atoms with Crippen LogP contribution in [0.25, 0.3) is 0 Å². The Bertz CT molecular complexity index is 4180. The topological polar surface area (TPSA) is 337 Å². The zero-order valence-electron chi connectivity index (χ0n) is 64.2. The van der Waals surface area contributed by atoms with Crippen LogP contribution in [0, 0.1) is 10.1 Å². The Kier molecular flexibility index (Phi) is 34.7. The van der Waals surface area contributed by atoms with Crippen LogP contribution in [0.2, 0.25) is 0 Å². The molecule has 2 fully saturated rings. The molecule has 620 valence electrons. The monoisotopic (exact) mass is 1630 g/mol. The molecule has 31 nitrogen and oxygen atoms in total. The summed E-state index contributed by atoms with van der Waals surface area (Å²) in [6, 6.07) is 46.6. The molecule has 0 N–H and O–H groups in total. The molecular weight excluding hydrogens is 1530 g/mol. The fraction of sp³-hybridized carbons (Fsp3) is 0.429. The fourth-order valence-corrected chi connectivity index (χ4v) is 13.2. The molecular formula is C84H94ClN3O28. The number of rotatable bonds is 51. The minimum absolute atomic E-state index is 0.0199. The molecule has 116 heavy (non-hydrogen) atoms. The number of benzene rings is 7. The summed E-state index contributed by atoms with van der Waals surface area (Å²) in [4.78, 5) is 102. The molecule has 2 saturated heterocycles. The van der Waals surface area contributed by atoms with E-state index in [2.05, 4.69) is 0 Å². The van der Waals surface area contributed by atoms with Crippen LogP contribution in [0.4, 0.5) is 5.69 Å². The average Bonchev–Trinajstić information content (AvgIpc) is 1.48. The van der Waals surface area contributed by atoms with Crippen LogP contribution >= 0.6 is 11.6 Å². The summed E-state index contributed by atoms with van der Waals surface area (Å²) in [6.07, 6.45) is -12.7. The van der Waals surface area contributed by atoms with E-state index in [0.29, 0.717) is 96.2 Å². The Morgan fingerprint density at radius 3 is 1.28 bits per heavy atom. The van der Waals surface area contributed by atoms with Crippen molar-refractivity contribution in [3.8, 4) is 17.2 Å². The smallest absolute Gasteiger partial charge is 0.344 e. The Morgan fingerprint density at radius 1 is 0.431 bits per heavy atom. The maximum atomic E-state index is 15.3. The SMILES string of the molecule is COCCOCCOCCOCCOCCOCCOCCOCCOC(=O)COc1ccc(COC[C@H]2O[C@@H](Oc3ccc(OC)cc3)[C@H](N3C(=O)c4ccccc4C3=O)[C@@H](OCc3ccccc3)[C@@H]2O[C@@H]2O[C@H](COCc3ccccc3)[C@@H](OC(=O)CCl)[C@H](OCc3ccccc3)[C@H]2N2C(=O)c3ccccc3C2=O)cc1[N+](=O)[O-]. The largest absolute Gasteiger partial charge is 0.497 e. The van der Waals surface area contributed by atoms with Gasteiger partial charge in [0.25, 0.3) is 23.6 Å². The molecule has 0 unspecified atom stereocenters. The van der Waals surface area contributed by atoms with Crippen LogP contribution in [0.3, 0.4) is 0 Å². The van der Waals surface area contributed by atoms with Crippen molar-refractivity contribution in [2.75, 3.05) is 146 Å². The normalized spacial score (nSPS) is 20.4. The summed E-state index contributed by atoms with van der Waals surface area (Å²) in [5.41, 5.74) is 1.85. The lowest BCUT2D eigenvalue weighted by molar-refractivity contribution is -0.385. The Balaban J connectivity index is 0.827. The number of imide groups is 2. The number of carbonyl (C=O) groups is 6. The minimum Gasteiger partial charge on any atom is -0.497 e. The third-order valence-electron chi connectivity index (χ3n) is 18.7. The van der Waals surface area contributed by atoms with E-state index in [0.717, 1.165) is 15.4 Å². The van der Waals surface area contributed by atoms with E-state index < -0.39 is 127 Å². The summed E-state index contributed by atoms with van der Waals surface area (Å²) < 4.78 is 122. The second kappa shape index (κ2) is 46.3. The lowest BCUT2D eigenvalue weighted by Crippen LogP contribution is -2.71. The standard InChI is InChI=1S/C84H94ClN3O28/c1-97-32-33-99-34-35-100-36-37-101-38-39-102-40-41-103-42-43-104-44-45-105-46-47-108-72(90)56-109-68-31-26-60(48-67(68)88(95)96)51-107-55-70-76(78(111-53-59-20-10-5-11-21-59)73(83(113-70)112-62-29-27-61(98-2)28-30-62)86-79(91)63-22-12-13-23-64(63)80(86)92)116-84-74(87-81(93)65-24-14-15-25-66(65)82(87)94)77(110-52-58-18-8-4-9-19-58)75(115-71(89)49-85)69(114-84)54-106-50-57-16-6-3-7-17-57/h3-31,48,69-70,73-78,83-84H,32-47,49-56H2,1-2H3/t69-,70-,73-,74-,75-,76-,77-,78-,83-,84+/m1/s1. The van der Waals surface area contributed by atoms with Crippen molar-refractivity contribution < 1.29 is 128 Å². The molecule has 7 aromatic carbocycles. The molecule has 10 atom stereocenters. The molecule has 0 spiro atoms. The number of amides is 4. The lowest BCUT2D eigenvalue weighted by atomic mass is 9.92. The third-order valence-corrected chi connectivity index (χ3v) is 18.9. The van der Waals surface area contributed by atoms with Gasteiger partial charge in [0.05, 0.1) is 173 Å². The van der Waals surface area contributed by atoms with Crippen LogP contribution in [0.1, 0.15) is 63.7 Å². The molecule has 0 bridgehead atoms. The first kappa shape index (κ1) is 87.1. The van der Waals surface area contributed by atoms with Crippen molar-refractivity contribution in [1.82, 2.24) is 9.80 Å². The molecule has 4 aliphatic rings. The summed E-state index contributed by atoms with van der Waals surface area (Å²) in [7, 11) is 3.10. The number of hydrogen-bond donors (Lipinski definition) is 0. The zero-order valence-corrected chi connectivity index (χ0v) is 65.0. The van der Waals surface area contributed by atoms with Crippen molar-refractivity contribution in [2.24, 2.45) is 0 Å². The second-order valence-electron chi connectivity index (χ2n) is 26.5. The first-order chi connectivity index (χ1) is 56.8. The minimum atomic E-state index is -1.88. The van der Waals surface area contributed by atoms with Gasteiger partial charge in [-0.05, 0) is 76.9 Å². The van der Waals surface area contributed by atoms with Crippen molar-refractivity contribution in [3.63, 3.8) is 0 Å². The van der Waals surface area contributed by atoms with Crippen LogP contribution < -0.4 is 14.2 Å². The number of carbonyl (C=O) groups excluding carboxylic acids is 6. The maximum Gasteiger partial charge on any atom is 0.344 e. The van der Waals surface area contributed by atoms with Gasteiger partial charge in [0.15, 0.2) is 24.8 Å². The van der Waals surface area contributed by atoms with Gasteiger partial charge in [-0.1, -0.05) is 121 Å². The van der Waals surface area contributed by atoms with Crippen LogP contribution in [0.5, 0.6) is 17.2 Å². The quantitative estimate of drug-likeness (QED) is 0.00859. The molecule has 0 saturated carbocycles. The molecule has 0 aliphatic carbocycles. The molecule has 7 aromatic rings. The predicted octanol–water partition coefficient (Wildman–Crippen LogP) is 8.59. The van der Waals surface area contributed by atoms with Gasteiger partial charge in [0.2, 0.25) is 6.29 Å². The van der Waals surface area contributed by atoms with E-state index in [1.807, 2.05) is 30.3 Å². The molecule has 32 heteroatoms. The number of alkyl halides is 1. The van der Waals surface area contributed by atoms with Crippen LogP contribution in [0.15, 0.2) is 182 Å². The second-order valence-corrected chi connectivity index (χ2v) is 26.8. The van der Waals surface area contributed by atoms with Gasteiger partial charge in [0.1, 0.15) is 66.6 Å². The van der Waals surface area contributed by atoms with Gasteiger partial charge in [-0.15, -0.1) is 11.6 Å². The van der Waals surface area contributed by atoms with E-state index in [-0.39, 0.29) is 98.8 Å². The lowest BCUT2D eigenvalue weighted by Gasteiger charge is -2.52. The Hall–Kier alpha value is -9.75. The zero-order chi connectivity index (χ0) is 81.2. The molecule has 0 radical (unpaired) electrons. The third kappa shape index (κ3) is 24.7. The van der Waals surface area contributed by atoms with Crippen molar-refractivity contribution in [1.29, 1.82) is 0 Å². The van der Waals surface area contributed by atoms with Gasteiger partial charge >= 0.3 is 17.6 Å². The Labute approximate surface area is 675 Å². The average molecular weight is 1630 g/mol. The highest BCUT2D eigenvalue weighted by atomic mass is 35.5. The number of halogens is 1. The van der Waals surface area contributed by atoms with E-state index >= 15 is 19.2 Å². The van der Waals surface area contributed by atoms with Gasteiger partial charge in [-0.25, -0.2) is 4.79 Å². The first-order valence-corrected chi connectivity index (χ1v) is 38.4. The van der Waals surface area contributed by atoms with Crippen molar-refractivity contribution >= 4 is 52.9 Å². The molecule has 4 heterocycles. The molecule has 11 rings (SSSR count). The van der Waals surface area contributed by atoms with Gasteiger partial charge in [-0.2, -0.15) is 0 Å². The Morgan fingerprint density at radius 2 is 0.828 bits per heavy atom. The van der Waals surface area contributed by atoms with Crippen LogP contribution in [-0.2, 0) is 117 Å². The number of fused-ring (bicyclic) bond motifs is 2. The van der Waals surface area contributed by atoms with Crippen LogP contribution in [-0.4, -0.2) is 257 Å². The number of ether oxygens (including phenoxy) is 20. The number of nitro benzene ring substituents is 1. The summed E-state index contributed by atoms with van der Waals surface area (Å²) >= 11 is 6.24. The predicted molar refractivity (Wildman–Crippen MR) is 411 cm³/mol. The van der Waals surface area contributed by atoms with Gasteiger partial charge in [-0.3, -0.25) is 43.9 Å². The molecule has 4 aliphatic heterocycles. The highest BCUT2D eigenvalue weighted by Crippen LogP contribution is 2.42. The van der Waals surface area contributed by atoms with E-state index in [4.69, 9.17) is 106 Å². The molecule has 4 amide bonds. The number of methoxy groups -OCH3 is 2. The van der Waals surface area contributed by atoms with E-state index in [1.54, 1.807) is 116 Å². The van der Waals surface area contributed by atoms with E-state index in [9.17, 15) is 19.7 Å².